The molecule has 6 heteroatoms. The first-order valence-electron chi connectivity index (χ1n) is 8.28. The fourth-order valence-electron chi connectivity index (χ4n) is 3.46. The molecule has 0 aromatic heterocycles. The lowest BCUT2D eigenvalue weighted by Gasteiger charge is -2.31. The fourth-order valence-corrected chi connectivity index (χ4v) is 4.64. The van der Waals surface area contributed by atoms with E-state index in [1.54, 1.807) is 0 Å². The zero-order valence-electron chi connectivity index (χ0n) is 13.7. The standard InChI is InChI=1S/C17H25NO4S/c1-12(13-6-7-16-17(10-13)22-9-8-21-16)18-14-4-3-5-15(11-14)23(2,19)20/h6-7,10,12,14-15,18H,3-5,8-9,11H2,1-2H3. The molecule has 1 aliphatic heterocycles. The smallest absolute Gasteiger partial charge is 0.161 e. The molecule has 1 heterocycles. The summed E-state index contributed by atoms with van der Waals surface area (Å²) in [4.78, 5) is 0. The Morgan fingerprint density at radius 2 is 1.91 bits per heavy atom. The lowest BCUT2D eigenvalue weighted by molar-refractivity contribution is 0.171. The minimum atomic E-state index is -2.95. The van der Waals surface area contributed by atoms with Gasteiger partial charge in [-0.05, 0) is 43.9 Å². The number of nitrogens with one attached hydrogen (secondary N) is 1. The quantitative estimate of drug-likeness (QED) is 0.913. The predicted molar refractivity (Wildman–Crippen MR) is 89.9 cm³/mol. The van der Waals surface area contributed by atoms with Gasteiger partial charge in [-0.15, -0.1) is 0 Å². The van der Waals surface area contributed by atoms with Gasteiger partial charge in [0.25, 0.3) is 0 Å². The number of ether oxygens (including phenoxy) is 2. The van der Waals surface area contributed by atoms with Crippen LogP contribution in [0.2, 0.25) is 0 Å². The molecule has 1 N–H and O–H groups in total. The summed E-state index contributed by atoms with van der Waals surface area (Å²) in [5.41, 5.74) is 1.13. The monoisotopic (exact) mass is 339 g/mol. The molecular weight excluding hydrogens is 314 g/mol. The third-order valence-electron chi connectivity index (χ3n) is 4.78. The number of fused-ring (bicyclic) bond motifs is 1. The van der Waals surface area contributed by atoms with Gasteiger partial charge in [-0.1, -0.05) is 12.5 Å². The molecule has 1 aliphatic carbocycles. The SMILES string of the molecule is CC(NC1CCCC(S(C)(=O)=O)C1)c1ccc2c(c1)OCCO2. The van der Waals surface area contributed by atoms with E-state index in [0.29, 0.717) is 19.6 Å². The molecule has 0 radical (unpaired) electrons. The lowest BCUT2D eigenvalue weighted by atomic mass is 9.93. The van der Waals surface area contributed by atoms with E-state index >= 15 is 0 Å². The summed E-state index contributed by atoms with van der Waals surface area (Å²) >= 11 is 0. The third kappa shape index (κ3) is 3.98. The molecular formula is C17H25NO4S. The maximum absolute atomic E-state index is 11.8. The van der Waals surface area contributed by atoms with Crippen LogP contribution in [0.3, 0.4) is 0 Å². The Morgan fingerprint density at radius 1 is 1.17 bits per heavy atom. The van der Waals surface area contributed by atoms with Crippen LogP contribution in [-0.4, -0.2) is 39.2 Å². The van der Waals surface area contributed by atoms with Crippen LogP contribution < -0.4 is 14.8 Å². The summed E-state index contributed by atoms with van der Waals surface area (Å²) in [5, 5.41) is 3.38. The van der Waals surface area contributed by atoms with Crippen molar-refractivity contribution in [2.45, 2.75) is 49.9 Å². The van der Waals surface area contributed by atoms with Gasteiger partial charge in [-0.25, -0.2) is 8.42 Å². The van der Waals surface area contributed by atoms with E-state index in [1.165, 1.54) is 6.26 Å². The Bertz CT molecular complexity index is 659. The van der Waals surface area contributed by atoms with Crippen LogP contribution in [0.5, 0.6) is 11.5 Å². The summed E-state index contributed by atoms with van der Waals surface area (Å²) in [6.07, 6.45) is 4.83. The summed E-state index contributed by atoms with van der Waals surface area (Å²) in [5.74, 6) is 1.59. The summed E-state index contributed by atoms with van der Waals surface area (Å²) in [6, 6.07) is 6.40. The summed E-state index contributed by atoms with van der Waals surface area (Å²) in [6.45, 7) is 3.28. The largest absolute Gasteiger partial charge is 0.486 e. The van der Waals surface area contributed by atoms with E-state index in [9.17, 15) is 8.42 Å². The topological polar surface area (TPSA) is 64.6 Å². The number of rotatable bonds is 4. The van der Waals surface area contributed by atoms with Gasteiger partial charge >= 0.3 is 0 Å². The Balaban J connectivity index is 1.65. The molecule has 0 spiro atoms. The molecule has 2 aliphatic rings. The maximum atomic E-state index is 11.8. The maximum Gasteiger partial charge on any atom is 0.161 e. The average Bonchev–Trinajstić information content (AvgIpc) is 2.54. The fraction of sp³-hybridized carbons (Fsp3) is 0.647. The Morgan fingerprint density at radius 3 is 2.65 bits per heavy atom. The molecule has 1 aromatic rings. The average molecular weight is 339 g/mol. The third-order valence-corrected chi connectivity index (χ3v) is 6.42. The van der Waals surface area contributed by atoms with Gasteiger partial charge in [-0.3, -0.25) is 0 Å². The Labute approximate surface area is 138 Å². The van der Waals surface area contributed by atoms with E-state index < -0.39 is 9.84 Å². The van der Waals surface area contributed by atoms with Crippen LogP contribution >= 0.6 is 0 Å². The lowest BCUT2D eigenvalue weighted by Crippen LogP contribution is -2.39. The van der Waals surface area contributed by atoms with E-state index in [-0.39, 0.29) is 17.3 Å². The molecule has 1 aromatic carbocycles. The summed E-state index contributed by atoms with van der Waals surface area (Å²) < 4.78 is 34.8. The minimum absolute atomic E-state index is 0.147. The van der Waals surface area contributed by atoms with Gasteiger partial charge in [0.05, 0.1) is 5.25 Å². The first-order valence-corrected chi connectivity index (χ1v) is 10.2. The van der Waals surface area contributed by atoms with Crippen molar-refractivity contribution in [2.75, 3.05) is 19.5 Å². The van der Waals surface area contributed by atoms with Gasteiger partial charge < -0.3 is 14.8 Å². The van der Waals surface area contributed by atoms with Gasteiger partial charge in [0.2, 0.25) is 0 Å². The van der Waals surface area contributed by atoms with Crippen molar-refractivity contribution in [3.05, 3.63) is 23.8 Å². The highest BCUT2D eigenvalue weighted by Gasteiger charge is 2.29. The Kier molecular flexibility index (Phi) is 4.82. The van der Waals surface area contributed by atoms with E-state index in [0.717, 1.165) is 36.3 Å². The predicted octanol–water partition coefficient (Wildman–Crippen LogP) is 2.46. The van der Waals surface area contributed by atoms with Crippen LogP contribution in [0.25, 0.3) is 0 Å². The van der Waals surface area contributed by atoms with Crippen LogP contribution in [0.4, 0.5) is 0 Å². The van der Waals surface area contributed by atoms with Crippen molar-refractivity contribution in [1.29, 1.82) is 0 Å². The van der Waals surface area contributed by atoms with Crippen LogP contribution in [0.15, 0.2) is 18.2 Å². The van der Waals surface area contributed by atoms with Gasteiger partial charge in [0, 0.05) is 18.3 Å². The zero-order valence-corrected chi connectivity index (χ0v) is 14.6. The van der Waals surface area contributed by atoms with E-state index in [4.69, 9.17) is 9.47 Å². The minimum Gasteiger partial charge on any atom is -0.486 e. The first-order chi connectivity index (χ1) is 10.9. The second kappa shape index (κ2) is 6.69. The second-order valence-corrected chi connectivity index (χ2v) is 8.93. The van der Waals surface area contributed by atoms with Crippen LogP contribution in [0.1, 0.15) is 44.2 Å². The number of hydrogen-bond acceptors (Lipinski definition) is 5. The van der Waals surface area contributed by atoms with Gasteiger partial charge in [-0.2, -0.15) is 0 Å². The number of sulfone groups is 1. The molecule has 128 valence electrons. The van der Waals surface area contributed by atoms with Crippen molar-refractivity contribution in [3.8, 4) is 11.5 Å². The van der Waals surface area contributed by atoms with Gasteiger partial charge in [0.15, 0.2) is 11.5 Å². The molecule has 1 saturated carbocycles. The molecule has 3 unspecified atom stereocenters. The van der Waals surface area contributed by atoms with E-state index in [2.05, 4.69) is 12.2 Å². The molecule has 5 nitrogen and oxygen atoms in total. The highest BCUT2D eigenvalue weighted by Crippen LogP contribution is 2.33. The summed E-state index contributed by atoms with van der Waals surface area (Å²) in [7, 11) is -2.95. The molecule has 3 rings (SSSR count). The van der Waals surface area contributed by atoms with Crippen LogP contribution in [-0.2, 0) is 9.84 Å². The number of hydrogen-bond donors (Lipinski definition) is 1. The number of benzene rings is 1. The first kappa shape index (κ1) is 16.6. The second-order valence-electron chi connectivity index (χ2n) is 6.61. The van der Waals surface area contributed by atoms with E-state index in [1.807, 2.05) is 18.2 Å². The molecule has 0 saturated heterocycles. The zero-order chi connectivity index (χ0) is 16.4. The van der Waals surface area contributed by atoms with Crippen molar-refractivity contribution in [2.24, 2.45) is 0 Å². The van der Waals surface area contributed by atoms with Crippen molar-refractivity contribution >= 4 is 9.84 Å². The highest BCUT2D eigenvalue weighted by atomic mass is 32.2. The van der Waals surface area contributed by atoms with Crippen molar-refractivity contribution in [1.82, 2.24) is 5.32 Å². The van der Waals surface area contributed by atoms with Crippen molar-refractivity contribution < 1.29 is 17.9 Å². The van der Waals surface area contributed by atoms with Gasteiger partial charge in [0.1, 0.15) is 23.1 Å². The Hall–Kier alpha value is -1.27. The molecule has 1 fully saturated rings. The molecule has 3 atom stereocenters. The highest BCUT2D eigenvalue weighted by molar-refractivity contribution is 7.91. The van der Waals surface area contributed by atoms with Crippen molar-refractivity contribution in [3.63, 3.8) is 0 Å². The molecule has 0 amide bonds. The normalized spacial score (nSPS) is 25.8. The molecule has 0 bridgehead atoms. The van der Waals surface area contributed by atoms with Crippen LogP contribution in [0, 0.1) is 0 Å². The molecule has 23 heavy (non-hydrogen) atoms.